The van der Waals surface area contributed by atoms with E-state index in [4.69, 9.17) is 4.52 Å². The predicted molar refractivity (Wildman–Crippen MR) is 76.4 cm³/mol. The number of piperazine rings is 1. The smallest absolute Gasteiger partial charge is 0.248 e. The van der Waals surface area contributed by atoms with Crippen LogP contribution in [0.1, 0.15) is 5.69 Å². The monoisotopic (exact) mass is 308 g/mol. The molecule has 0 atom stereocenters. The fourth-order valence-corrected chi connectivity index (χ4v) is 3.87. The van der Waals surface area contributed by atoms with Crippen molar-refractivity contribution < 1.29 is 12.9 Å². The van der Waals surface area contributed by atoms with Crippen molar-refractivity contribution in [1.82, 2.24) is 14.4 Å². The average molecular weight is 308 g/mol. The lowest BCUT2D eigenvalue weighted by Crippen LogP contribution is -2.48. The second-order valence-corrected chi connectivity index (χ2v) is 6.75. The number of hydrogen-bond donors (Lipinski definition) is 0. The molecule has 1 saturated heterocycles. The lowest BCUT2D eigenvalue weighted by Gasteiger charge is -2.34. The Bertz CT molecular complexity index is 706. The number of aryl methyl sites for hydroxylation is 1. The van der Waals surface area contributed by atoms with Crippen molar-refractivity contribution in [3.63, 3.8) is 0 Å². The van der Waals surface area contributed by atoms with E-state index in [1.807, 2.05) is 18.2 Å². The maximum atomic E-state index is 12.5. The van der Waals surface area contributed by atoms with Gasteiger partial charge in [-0.3, -0.25) is 0 Å². The molecule has 21 heavy (non-hydrogen) atoms. The van der Waals surface area contributed by atoms with Gasteiger partial charge in [-0.25, -0.2) is 13.4 Å². The molecule has 0 saturated carbocycles. The van der Waals surface area contributed by atoms with E-state index in [9.17, 15) is 8.42 Å². The van der Waals surface area contributed by atoms with Crippen LogP contribution in [0.4, 0.5) is 5.82 Å². The summed E-state index contributed by atoms with van der Waals surface area (Å²) < 4.78 is 31.2. The Morgan fingerprint density at radius 2 is 1.95 bits per heavy atom. The van der Waals surface area contributed by atoms with Crippen LogP contribution >= 0.6 is 0 Å². The Hall–Kier alpha value is -1.93. The first-order valence-corrected chi connectivity index (χ1v) is 8.10. The van der Waals surface area contributed by atoms with Crippen LogP contribution in [0.2, 0.25) is 0 Å². The zero-order valence-corrected chi connectivity index (χ0v) is 12.5. The highest BCUT2D eigenvalue weighted by atomic mass is 32.2. The normalized spacial score (nSPS) is 17.1. The number of anilines is 1. The Morgan fingerprint density at radius 3 is 2.52 bits per heavy atom. The molecule has 0 radical (unpaired) electrons. The van der Waals surface area contributed by atoms with E-state index in [0.717, 1.165) is 5.82 Å². The molecule has 112 valence electrons. The van der Waals surface area contributed by atoms with Crippen LogP contribution in [-0.2, 0) is 10.0 Å². The molecule has 2 aromatic rings. The molecule has 7 nitrogen and oxygen atoms in total. The standard InChI is InChI=1S/C13H16N4O3S/c1-11-12(10-20-15-11)21(18,19)17-8-6-16(7-9-17)13-4-2-3-5-14-13/h2-5,10H,6-9H2,1H3. The van der Waals surface area contributed by atoms with Gasteiger partial charge in [0.1, 0.15) is 22.7 Å². The van der Waals surface area contributed by atoms with E-state index in [1.54, 1.807) is 13.1 Å². The van der Waals surface area contributed by atoms with Gasteiger partial charge in [-0.15, -0.1) is 0 Å². The third kappa shape index (κ3) is 2.64. The minimum atomic E-state index is -3.52. The summed E-state index contributed by atoms with van der Waals surface area (Å²) >= 11 is 0. The molecule has 1 fully saturated rings. The van der Waals surface area contributed by atoms with Crippen molar-refractivity contribution in [2.24, 2.45) is 0 Å². The third-order valence-electron chi connectivity index (χ3n) is 3.54. The van der Waals surface area contributed by atoms with Crippen molar-refractivity contribution >= 4 is 15.8 Å². The maximum absolute atomic E-state index is 12.5. The minimum Gasteiger partial charge on any atom is -0.363 e. The summed E-state index contributed by atoms with van der Waals surface area (Å²) in [6.45, 7) is 3.69. The van der Waals surface area contributed by atoms with E-state index in [-0.39, 0.29) is 4.90 Å². The number of aromatic nitrogens is 2. The predicted octanol–water partition coefficient (Wildman–Crippen LogP) is 0.889. The van der Waals surface area contributed by atoms with E-state index in [1.165, 1.54) is 10.6 Å². The Balaban J connectivity index is 1.73. The summed E-state index contributed by atoms with van der Waals surface area (Å²) in [4.78, 5) is 6.51. The molecule has 2 aromatic heterocycles. The van der Waals surface area contributed by atoms with E-state index in [2.05, 4.69) is 15.0 Å². The van der Waals surface area contributed by atoms with Crippen molar-refractivity contribution in [2.75, 3.05) is 31.1 Å². The number of sulfonamides is 1. The molecule has 0 unspecified atom stereocenters. The molecular weight excluding hydrogens is 292 g/mol. The van der Waals surface area contributed by atoms with E-state index < -0.39 is 10.0 Å². The highest BCUT2D eigenvalue weighted by Crippen LogP contribution is 2.21. The topological polar surface area (TPSA) is 79.5 Å². The zero-order valence-electron chi connectivity index (χ0n) is 11.6. The summed E-state index contributed by atoms with van der Waals surface area (Å²) in [5.41, 5.74) is 0.391. The van der Waals surface area contributed by atoms with Crippen LogP contribution in [0.3, 0.4) is 0 Å². The van der Waals surface area contributed by atoms with Crippen LogP contribution in [-0.4, -0.2) is 49.0 Å². The molecule has 0 bridgehead atoms. The summed E-state index contributed by atoms with van der Waals surface area (Å²) in [5, 5.41) is 3.64. The van der Waals surface area contributed by atoms with Crippen LogP contribution in [0, 0.1) is 6.92 Å². The maximum Gasteiger partial charge on any atom is 0.248 e. The van der Waals surface area contributed by atoms with Gasteiger partial charge >= 0.3 is 0 Å². The van der Waals surface area contributed by atoms with Crippen molar-refractivity contribution in [1.29, 1.82) is 0 Å². The number of nitrogens with zero attached hydrogens (tertiary/aromatic N) is 4. The van der Waals surface area contributed by atoms with E-state index in [0.29, 0.717) is 31.9 Å². The van der Waals surface area contributed by atoms with E-state index >= 15 is 0 Å². The molecule has 0 aliphatic carbocycles. The van der Waals surface area contributed by atoms with Crippen LogP contribution in [0.25, 0.3) is 0 Å². The van der Waals surface area contributed by atoms with Crippen molar-refractivity contribution in [2.45, 2.75) is 11.8 Å². The molecule has 0 amide bonds. The van der Waals surface area contributed by atoms with Gasteiger partial charge in [0.15, 0.2) is 0 Å². The van der Waals surface area contributed by atoms with Gasteiger partial charge < -0.3 is 9.42 Å². The molecule has 1 aliphatic rings. The summed E-state index contributed by atoms with van der Waals surface area (Å²) in [6, 6.07) is 5.71. The highest BCUT2D eigenvalue weighted by Gasteiger charge is 2.31. The fourth-order valence-electron chi connectivity index (χ4n) is 2.37. The Labute approximate surface area is 123 Å². The molecule has 3 heterocycles. The molecular formula is C13H16N4O3S. The van der Waals surface area contributed by atoms with Gasteiger partial charge in [0.05, 0.1) is 0 Å². The van der Waals surface area contributed by atoms with Gasteiger partial charge in [0.25, 0.3) is 0 Å². The number of pyridine rings is 1. The van der Waals surface area contributed by atoms with Crippen molar-refractivity contribution in [3.8, 4) is 0 Å². The molecule has 3 rings (SSSR count). The Morgan fingerprint density at radius 1 is 1.19 bits per heavy atom. The fraction of sp³-hybridized carbons (Fsp3) is 0.385. The first kappa shape index (κ1) is 14.0. The SMILES string of the molecule is Cc1nocc1S(=O)(=O)N1CCN(c2ccccn2)CC1. The number of rotatable bonds is 3. The van der Waals surface area contributed by atoms with Crippen LogP contribution < -0.4 is 4.90 Å². The molecule has 0 spiro atoms. The number of hydrogen-bond acceptors (Lipinski definition) is 6. The largest absolute Gasteiger partial charge is 0.363 e. The second kappa shape index (κ2) is 5.45. The minimum absolute atomic E-state index is 0.147. The van der Waals surface area contributed by atoms with Gasteiger partial charge in [-0.05, 0) is 19.1 Å². The summed E-state index contributed by atoms with van der Waals surface area (Å²) in [7, 11) is -3.52. The quantitative estimate of drug-likeness (QED) is 0.838. The lowest BCUT2D eigenvalue weighted by atomic mass is 10.3. The zero-order chi connectivity index (χ0) is 14.9. The van der Waals surface area contributed by atoms with Gasteiger partial charge in [0.2, 0.25) is 10.0 Å². The molecule has 0 N–H and O–H groups in total. The van der Waals surface area contributed by atoms with Crippen LogP contribution in [0.5, 0.6) is 0 Å². The van der Waals surface area contributed by atoms with Gasteiger partial charge in [-0.1, -0.05) is 11.2 Å². The lowest BCUT2D eigenvalue weighted by molar-refractivity contribution is 0.382. The van der Waals surface area contributed by atoms with Crippen LogP contribution in [0.15, 0.2) is 40.1 Å². The Kier molecular flexibility index (Phi) is 3.64. The highest BCUT2D eigenvalue weighted by molar-refractivity contribution is 7.89. The summed E-state index contributed by atoms with van der Waals surface area (Å²) in [5.74, 6) is 0.871. The molecule has 0 aromatic carbocycles. The first-order chi connectivity index (χ1) is 10.1. The molecule has 1 aliphatic heterocycles. The first-order valence-electron chi connectivity index (χ1n) is 6.66. The second-order valence-electron chi connectivity index (χ2n) is 4.84. The van der Waals surface area contributed by atoms with Gasteiger partial charge in [-0.2, -0.15) is 4.31 Å². The van der Waals surface area contributed by atoms with Crippen molar-refractivity contribution in [3.05, 3.63) is 36.4 Å². The van der Waals surface area contributed by atoms with Gasteiger partial charge in [0, 0.05) is 32.4 Å². The average Bonchev–Trinajstić information content (AvgIpc) is 2.95. The molecule has 8 heteroatoms. The summed E-state index contributed by atoms with van der Waals surface area (Å²) in [6.07, 6.45) is 2.93. The third-order valence-corrected chi connectivity index (χ3v) is 5.53.